The van der Waals surface area contributed by atoms with E-state index in [-0.39, 0.29) is 53.6 Å². The van der Waals surface area contributed by atoms with Crippen LogP contribution in [0, 0.1) is 5.92 Å². The minimum atomic E-state index is -1.02. The average Bonchev–Trinajstić information content (AvgIpc) is 3.49. The van der Waals surface area contributed by atoms with Gasteiger partial charge in [0.2, 0.25) is 11.8 Å². The van der Waals surface area contributed by atoms with Gasteiger partial charge >= 0.3 is 6.01 Å². The highest BCUT2D eigenvalue weighted by Gasteiger charge is 2.47. The van der Waals surface area contributed by atoms with E-state index < -0.39 is 23.8 Å². The molecule has 1 atom stereocenters. The third-order valence-corrected chi connectivity index (χ3v) is 11.0. The van der Waals surface area contributed by atoms with E-state index in [1.54, 1.807) is 30.3 Å². The van der Waals surface area contributed by atoms with Gasteiger partial charge in [0.15, 0.2) is 0 Å². The summed E-state index contributed by atoms with van der Waals surface area (Å²) in [7, 11) is 1.37. The monoisotopic (exact) mass is 756 g/mol. The number of imide groups is 2. The minimum Gasteiger partial charge on any atom is -0.424 e. The number of para-hydroxylation sites is 1. The lowest BCUT2D eigenvalue weighted by Crippen LogP contribution is -2.54. The molecule has 56 heavy (non-hydrogen) atoms. The Morgan fingerprint density at radius 3 is 2.14 bits per heavy atom. The van der Waals surface area contributed by atoms with Crippen LogP contribution >= 0.6 is 0 Å². The summed E-state index contributed by atoms with van der Waals surface area (Å²) in [6.07, 6.45) is 4.44. The number of carbonyl (C=O) groups is 6. The first-order valence-electron chi connectivity index (χ1n) is 18.7. The molecule has 6 amide bonds. The number of rotatable bonds is 8. The van der Waals surface area contributed by atoms with Crippen molar-refractivity contribution < 1.29 is 33.5 Å². The molecular formula is C41H40N8O7. The van der Waals surface area contributed by atoms with Gasteiger partial charge in [-0.1, -0.05) is 24.3 Å². The summed E-state index contributed by atoms with van der Waals surface area (Å²) in [5.41, 5.74) is 3.05. The SMILES string of the molecule is CN1C(=O)CCC(N2C(=O)c3cccc(N4CCN(C(=O)C5CCN(c6ccc(NC(=O)c7cnc(Oc8ccccc8)nc7)cc6)CC5)CC4)c3C2=O)C1=O. The van der Waals surface area contributed by atoms with E-state index in [1.807, 2.05) is 52.3 Å². The smallest absolute Gasteiger partial charge is 0.321 e. The van der Waals surface area contributed by atoms with Crippen LogP contribution in [-0.2, 0) is 14.4 Å². The highest BCUT2D eigenvalue weighted by Crippen LogP contribution is 2.36. The molecule has 0 radical (unpaired) electrons. The average molecular weight is 757 g/mol. The standard InChI is InChI=1S/C41H40N8O7/c1-45-34(50)15-14-33(39(45)54)49-38(53)31-8-5-9-32(35(31)40(49)55)47-20-22-48(23-21-47)37(52)26-16-18-46(19-17-26)29-12-10-28(11-13-29)44-36(51)27-24-42-41(43-25-27)56-30-6-3-2-4-7-30/h2-13,24-26,33H,14-23H2,1H3,(H,44,51). The number of benzene rings is 3. The molecule has 3 aromatic carbocycles. The molecule has 4 aromatic rings. The normalized spacial score (nSPS) is 19.0. The van der Waals surface area contributed by atoms with E-state index in [1.165, 1.54) is 19.4 Å². The summed E-state index contributed by atoms with van der Waals surface area (Å²) in [5, 5.41) is 2.88. The second-order valence-corrected chi connectivity index (χ2v) is 14.3. The number of aromatic nitrogens is 2. The highest BCUT2D eigenvalue weighted by molar-refractivity contribution is 6.25. The quantitative estimate of drug-likeness (QED) is 0.260. The van der Waals surface area contributed by atoms with Crippen molar-refractivity contribution >= 4 is 52.5 Å². The number of ether oxygens (including phenoxy) is 1. The zero-order valence-electron chi connectivity index (χ0n) is 30.8. The maximum Gasteiger partial charge on any atom is 0.321 e. The van der Waals surface area contributed by atoms with Gasteiger partial charge in [-0.05, 0) is 67.8 Å². The predicted molar refractivity (Wildman–Crippen MR) is 204 cm³/mol. The Labute approximate surface area is 322 Å². The van der Waals surface area contributed by atoms with E-state index in [2.05, 4.69) is 20.2 Å². The van der Waals surface area contributed by atoms with Crippen LogP contribution in [-0.4, -0.2) is 112 Å². The number of hydrogen-bond donors (Lipinski definition) is 1. The fourth-order valence-corrected chi connectivity index (χ4v) is 7.82. The number of nitrogens with zero attached hydrogens (tertiary/aromatic N) is 7. The number of carbonyl (C=O) groups excluding carboxylic acids is 6. The van der Waals surface area contributed by atoms with Crippen LogP contribution in [0.5, 0.6) is 11.8 Å². The molecular weight excluding hydrogens is 716 g/mol. The molecule has 286 valence electrons. The van der Waals surface area contributed by atoms with Crippen molar-refractivity contribution in [2.45, 2.75) is 31.7 Å². The van der Waals surface area contributed by atoms with Crippen molar-refractivity contribution in [1.82, 2.24) is 24.7 Å². The van der Waals surface area contributed by atoms with Crippen molar-refractivity contribution in [2.75, 3.05) is 61.4 Å². The summed E-state index contributed by atoms with van der Waals surface area (Å²) >= 11 is 0. The molecule has 15 heteroatoms. The van der Waals surface area contributed by atoms with E-state index in [9.17, 15) is 28.8 Å². The van der Waals surface area contributed by atoms with Crippen LogP contribution in [0.25, 0.3) is 0 Å². The van der Waals surface area contributed by atoms with Crippen molar-refractivity contribution in [3.8, 4) is 11.8 Å². The Kier molecular flexibility index (Phi) is 9.89. The maximum atomic E-state index is 13.7. The van der Waals surface area contributed by atoms with Gasteiger partial charge in [-0.2, -0.15) is 0 Å². The molecule has 3 saturated heterocycles. The van der Waals surface area contributed by atoms with Crippen molar-refractivity contribution in [2.24, 2.45) is 5.92 Å². The molecule has 15 nitrogen and oxygen atoms in total. The number of piperazine rings is 1. The zero-order valence-corrected chi connectivity index (χ0v) is 30.8. The number of likely N-dealkylation sites (tertiary alicyclic amines) is 1. The van der Waals surface area contributed by atoms with E-state index in [0.29, 0.717) is 74.8 Å². The summed E-state index contributed by atoms with van der Waals surface area (Å²) < 4.78 is 5.60. The van der Waals surface area contributed by atoms with Gasteiger partial charge < -0.3 is 24.8 Å². The minimum absolute atomic E-state index is 0.0805. The number of hydrogen-bond acceptors (Lipinski definition) is 11. The number of fused-ring (bicyclic) bond motifs is 1. The molecule has 4 aliphatic rings. The Balaban J connectivity index is 0.816. The van der Waals surface area contributed by atoms with Crippen LogP contribution in [0.15, 0.2) is 85.2 Å². The van der Waals surface area contributed by atoms with Crippen molar-refractivity contribution in [3.63, 3.8) is 0 Å². The first-order valence-corrected chi connectivity index (χ1v) is 18.7. The van der Waals surface area contributed by atoms with E-state index in [0.717, 1.165) is 15.5 Å². The van der Waals surface area contributed by atoms with Gasteiger partial charge in [-0.25, -0.2) is 9.97 Å². The Hall–Kier alpha value is -6.64. The Morgan fingerprint density at radius 1 is 0.750 bits per heavy atom. The Bertz CT molecular complexity index is 2180. The summed E-state index contributed by atoms with van der Waals surface area (Å²) in [5.74, 6) is -1.67. The molecule has 3 fully saturated rings. The molecule has 0 saturated carbocycles. The first-order chi connectivity index (χ1) is 27.2. The lowest BCUT2D eigenvalue weighted by Gasteiger charge is -2.40. The molecule has 1 unspecified atom stereocenters. The van der Waals surface area contributed by atoms with Gasteiger partial charge in [0.05, 0.1) is 22.4 Å². The second kappa shape index (κ2) is 15.2. The molecule has 0 bridgehead atoms. The third kappa shape index (κ3) is 7.03. The first kappa shape index (κ1) is 36.3. The number of nitrogens with one attached hydrogen (secondary N) is 1. The van der Waals surface area contributed by atoms with Crippen molar-refractivity contribution in [3.05, 3.63) is 102 Å². The molecule has 0 spiro atoms. The number of anilines is 3. The fraction of sp³-hybridized carbons (Fsp3) is 0.317. The third-order valence-electron chi connectivity index (χ3n) is 11.0. The summed E-state index contributed by atoms with van der Waals surface area (Å²) in [6.45, 7) is 3.37. The van der Waals surface area contributed by atoms with Crippen LogP contribution in [0.3, 0.4) is 0 Å². The van der Waals surface area contributed by atoms with Gasteiger partial charge in [-0.15, -0.1) is 0 Å². The van der Waals surface area contributed by atoms with Crippen LogP contribution in [0.2, 0.25) is 0 Å². The van der Waals surface area contributed by atoms with Crippen LogP contribution < -0.4 is 19.9 Å². The van der Waals surface area contributed by atoms with Gasteiger partial charge in [0.1, 0.15) is 11.8 Å². The largest absolute Gasteiger partial charge is 0.424 e. The fourth-order valence-electron chi connectivity index (χ4n) is 7.82. The van der Waals surface area contributed by atoms with Crippen molar-refractivity contribution in [1.29, 1.82) is 0 Å². The Morgan fingerprint density at radius 2 is 1.45 bits per heavy atom. The lowest BCUT2D eigenvalue weighted by atomic mass is 9.94. The summed E-state index contributed by atoms with van der Waals surface area (Å²) in [6, 6.07) is 21.0. The maximum absolute atomic E-state index is 13.7. The predicted octanol–water partition coefficient (Wildman–Crippen LogP) is 3.83. The molecule has 1 aromatic heterocycles. The zero-order chi connectivity index (χ0) is 38.9. The van der Waals surface area contributed by atoms with Gasteiger partial charge in [0.25, 0.3) is 23.6 Å². The van der Waals surface area contributed by atoms with Crippen LogP contribution in [0.4, 0.5) is 17.1 Å². The van der Waals surface area contributed by atoms with Crippen LogP contribution in [0.1, 0.15) is 56.8 Å². The van der Waals surface area contributed by atoms with Gasteiger partial charge in [-0.3, -0.25) is 38.6 Å². The van der Waals surface area contributed by atoms with E-state index >= 15 is 0 Å². The molecule has 8 rings (SSSR count). The summed E-state index contributed by atoms with van der Waals surface area (Å²) in [4.78, 5) is 95.0. The molecule has 1 N–H and O–H groups in total. The lowest BCUT2D eigenvalue weighted by molar-refractivity contribution is -0.149. The number of piperidine rings is 2. The van der Waals surface area contributed by atoms with E-state index in [4.69, 9.17) is 4.74 Å². The molecule has 4 aliphatic heterocycles. The van der Waals surface area contributed by atoms with Gasteiger partial charge in [0, 0.05) is 82.4 Å². The molecule has 5 heterocycles. The second-order valence-electron chi connectivity index (χ2n) is 14.3. The topological polar surface area (TPSA) is 166 Å². The molecule has 0 aliphatic carbocycles. The number of likely N-dealkylation sites (N-methyl/N-ethyl adjacent to an activating group) is 1. The highest BCUT2D eigenvalue weighted by atomic mass is 16.5. The number of amides is 6.